The van der Waals surface area contributed by atoms with Crippen LogP contribution in [-0.2, 0) is 15.9 Å². The third-order valence-electron chi connectivity index (χ3n) is 3.55. The summed E-state index contributed by atoms with van der Waals surface area (Å²) in [4.78, 5) is 0.901. The molecule has 2 atom stereocenters. The van der Waals surface area contributed by atoms with E-state index in [1.54, 1.807) is 0 Å². The third kappa shape index (κ3) is 4.37. The Bertz CT molecular complexity index is 439. The third-order valence-corrected chi connectivity index (χ3v) is 4.82. The molecule has 19 heavy (non-hydrogen) atoms. The maximum Gasteiger partial charge on any atom is 0.152 e. The van der Waals surface area contributed by atoms with E-state index in [-0.39, 0.29) is 5.60 Å². The minimum atomic E-state index is -0.926. The molecule has 0 saturated carbocycles. The van der Waals surface area contributed by atoms with Gasteiger partial charge in [0, 0.05) is 0 Å². The van der Waals surface area contributed by atoms with Gasteiger partial charge in [-0.15, -0.1) is 0 Å². The van der Waals surface area contributed by atoms with Crippen molar-refractivity contribution in [2.75, 3.05) is 5.75 Å². The van der Waals surface area contributed by atoms with Gasteiger partial charge in [-0.1, -0.05) is 23.8 Å². The molecule has 0 N–H and O–H groups in total. The Morgan fingerprint density at radius 3 is 2.58 bits per heavy atom. The lowest BCUT2D eigenvalue weighted by atomic mass is 10.0. The van der Waals surface area contributed by atoms with Gasteiger partial charge in [0.1, 0.15) is 5.75 Å². The van der Waals surface area contributed by atoms with Crippen molar-refractivity contribution < 1.29 is 9.29 Å². The Kier molecular flexibility index (Phi) is 4.71. The van der Waals surface area contributed by atoms with Crippen LogP contribution in [0.25, 0.3) is 0 Å². The molecule has 3 heteroatoms. The molecular formula is C16H22O2S. The van der Waals surface area contributed by atoms with Crippen molar-refractivity contribution in [3.05, 3.63) is 42.0 Å². The number of hydrogen-bond acceptors (Lipinski definition) is 2. The molecule has 2 unspecified atom stereocenters. The van der Waals surface area contributed by atoms with E-state index in [4.69, 9.17) is 4.74 Å². The van der Waals surface area contributed by atoms with Crippen molar-refractivity contribution in [3.8, 4) is 0 Å². The smallest absolute Gasteiger partial charge is 0.152 e. The lowest BCUT2D eigenvalue weighted by Crippen LogP contribution is -2.05. The van der Waals surface area contributed by atoms with Gasteiger partial charge in [0.25, 0.3) is 0 Å². The minimum absolute atomic E-state index is 0.0765. The fourth-order valence-electron chi connectivity index (χ4n) is 2.09. The van der Waals surface area contributed by atoms with Crippen LogP contribution in [0.4, 0.5) is 0 Å². The Labute approximate surface area is 119 Å². The first kappa shape index (κ1) is 14.6. The topological polar surface area (TPSA) is 35.6 Å². The van der Waals surface area contributed by atoms with E-state index >= 15 is 0 Å². The summed E-state index contributed by atoms with van der Waals surface area (Å²) in [7, 11) is 0. The summed E-state index contributed by atoms with van der Waals surface area (Å²) < 4.78 is 17.6. The Morgan fingerprint density at radius 2 is 2.00 bits per heavy atom. The van der Waals surface area contributed by atoms with Gasteiger partial charge in [0.15, 0.2) is 4.90 Å². The Balaban J connectivity index is 1.75. The maximum atomic E-state index is 12.0. The van der Waals surface area contributed by atoms with Gasteiger partial charge >= 0.3 is 0 Å². The van der Waals surface area contributed by atoms with E-state index in [2.05, 4.69) is 26.8 Å². The molecule has 1 heterocycles. The normalized spacial score (nSPS) is 23.2. The van der Waals surface area contributed by atoms with Gasteiger partial charge in [0.05, 0.1) is 11.7 Å². The maximum absolute atomic E-state index is 12.0. The molecule has 0 bridgehead atoms. The van der Waals surface area contributed by atoms with Crippen LogP contribution in [0.3, 0.4) is 0 Å². The first-order chi connectivity index (χ1) is 8.99. The fourth-order valence-corrected chi connectivity index (χ4v) is 3.18. The summed E-state index contributed by atoms with van der Waals surface area (Å²) in [6.07, 6.45) is 4.58. The number of benzene rings is 1. The summed E-state index contributed by atoms with van der Waals surface area (Å²) in [6, 6.07) is 9.63. The zero-order valence-electron chi connectivity index (χ0n) is 11.9. The molecule has 2 nitrogen and oxygen atoms in total. The van der Waals surface area contributed by atoms with E-state index in [1.807, 2.05) is 30.3 Å². The Hall–Kier alpha value is -0.770. The highest BCUT2D eigenvalue weighted by Crippen LogP contribution is 2.38. The van der Waals surface area contributed by atoms with Crippen molar-refractivity contribution in [2.45, 2.75) is 50.2 Å². The lowest BCUT2D eigenvalue weighted by Gasteiger charge is -2.08. The van der Waals surface area contributed by atoms with Gasteiger partial charge in [-0.2, -0.15) is 0 Å². The summed E-state index contributed by atoms with van der Waals surface area (Å²) in [5.41, 5.74) is 1.38. The predicted octanol–water partition coefficient (Wildman–Crippen LogP) is 3.70. The van der Waals surface area contributed by atoms with Crippen molar-refractivity contribution in [2.24, 2.45) is 0 Å². The van der Waals surface area contributed by atoms with E-state index in [1.165, 1.54) is 5.57 Å². The number of hydrogen-bond donors (Lipinski definition) is 0. The van der Waals surface area contributed by atoms with E-state index in [0.29, 0.717) is 11.9 Å². The molecule has 0 radical (unpaired) electrons. The molecule has 0 amide bonds. The second-order valence-electron chi connectivity index (χ2n) is 5.62. The summed E-state index contributed by atoms with van der Waals surface area (Å²) in [6.45, 7) is 6.36. The number of allylic oxidation sites excluding steroid dienone is 1. The van der Waals surface area contributed by atoms with E-state index in [9.17, 15) is 4.55 Å². The van der Waals surface area contributed by atoms with Gasteiger partial charge in [-0.3, -0.25) is 0 Å². The summed E-state index contributed by atoms with van der Waals surface area (Å²) in [5.74, 6) is 0.602. The molecule has 104 valence electrons. The quantitative estimate of drug-likeness (QED) is 0.452. The van der Waals surface area contributed by atoms with Gasteiger partial charge in [0.2, 0.25) is 0 Å². The summed E-state index contributed by atoms with van der Waals surface area (Å²) >= 11 is -0.926. The van der Waals surface area contributed by atoms with Gasteiger partial charge < -0.3 is 9.29 Å². The molecule has 1 aliphatic heterocycles. The minimum Gasteiger partial charge on any atom is -0.611 e. The fraction of sp³-hybridized carbons (Fsp3) is 0.500. The highest BCUT2D eigenvalue weighted by molar-refractivity contribution is 7.91. The average Bonchev–Trinajstić information content (AvgIpc) is 3.02. The predicted molar refractivity (Wildman–Crippen MR) is 79.7 cm³/mol. The van der Waals surface area contributed by atoms with E-state index < -0.39 is 11.2 Å². The Morgan fingerprint density at radius 1 is 1.37 bits per heavy atom. The molecule has 1 aromatic carbocycles. The molecule has 1 aromatic rings. The standard InChI is InChI=1S/C16H22O2S/c1-13(9-10-15-16(2,3)18-15)11-12-19(17)14-7-5-4-6-8-14/h4-8,11,15H,9-10,12H2,1-3H3/b13-11+. The second-order valence-corrected chi connectivity index (χ2v) is 7.12. The highest BCUT2D eigenvalue weighted by Gasteiger charge is 2.46. The molecule has 0 aromatic heterocycles. The zero-order valence-corrected chi connectivity index (χ0v) is 12.7. The van der Waals surface area contributed by atoms with Crippen LogP contribution in [0.1, 0.15) is 33.6 Å². The number of epoxide rings is 1. The van der Waals surface area contributed by atoms with Crippen molar-refractivity contribution in [3.63, 3.8) is 0 Å². The molecule has 1 saturated heterocycles. The number of ether oxygens (including phenoxy) is 1. The molecule has 1 fully saturated rings. The van der Waals surface area contributed by atoms with Crippen molar-refractivity contribution in [1.82, 2.24) is 0 Å². The molecule has 2 rings (SSSR count). The van der Waals surface area contributed by atoms with Gasteiger partial charge in [-0.25, -0.2) is 0 Å². The first-order valence-corrected chi connectivity index (χ1v) is 8.08. The lowest BCUT2D eigenvalue weighted by molar-refractivity contribution is 0.320. The molecule has 0 spiro atoms. The molecule has 1 aliphatic rings. The molecule has 0 aliphatic carbocycles. The highest BCUT2D eigenvalue weighted by atomic mass is 32.2. The average molecular weight is 278 g/mol. The molecular weight excluding hydrogens is 256 g/mol. The van der Waals surface area contributed by atoms with Crippen LogP contribution < -0.4 is 0 Å². The summed E-state index contributed by atoms with van der Waals surface area (Å²) in [5, 5.41) is 0. The van der Waals surface area contributed by atoms with E-state index in [0.717, 1.165) is 17.7 Å². The number of rotatable bonds is 6. The van der Waals surface area contributed by atoms with Gasteiger partial charge in [-0.05, 0) is 63.0 Å². The zero-order chi connectivity index (χ0) is 13.9. The van der Waals surface area contributed by atoms with Crippen LogP contribution in [-0.4, -0.2) is 22.0 Å². The largest absolute Gasteiger partial charge is 0.611 e. The SMILES string of the molecule is C/C(=C\C[S+]([O-])c1ccccc1)CCC1OC1(C)C. The van der Waals surface area contributed by atoms with Crippen molar-refractivity contribution >= 4 is 11.2 Å². The van der Waals surface area contributed by atoms with Crippen LogP contribution in [0.15, 0.2) is 46.9 Å². The first-order valence-electron chi connectivity index (χ1n) is 6.76. The van der Waals surface area contributed by atoms with Crippen LogP contribution in [0, 0.1) is 0 Å². The second kappa shape index (κ2) is 6.12. The van der Waals surface area contributed by atoms with Crippen LogP contribution in [0.5, 0.6) is 0 Å². The monoisotopic (exact) mass is 278 g/mol. The van der Waals surface area contributed by atoms with Crippen LogP contribution >= 0.6 is 0 Å². The van der Waals surface area contributed by atoms with Crippen LogP contribution in [0.2, 0.25) is 0 Å². The van der Waals surface area contributed by atoms with Crippen molar-refractivity contribution in [1.29, 1.82) is 0 Å².